The molecule has 2 saturated heterocycles. The van der Waals surface area contributed by atoms with Gasteiger partial charge in [-0.1, -0.05) is 26.2 Å². The Morgan fingerprint density at radius 3 is 2.25 bits per heavy atom. The molecule has 24 heavy (non-hydrogen) atoms. The van der Waals surface area contributed by atoms with Crippen molar-refractivity contribution in [3.05, 3.63) is 0 Å². The standard InChI is InChI=1S/C16H30N2O6/c1-2-3-4-5-6-17-7-9-18(10-8-17)15(22)14-12(20)11(19)13(21)16(23)24-14/h11-14,16,19-21,23H,2-10H2,1H3/t11-,12-,13+,14-,16?/m0/s1. The quantitative estimate of drug-likeness (QED) is 0.433. The summed E-state index contributed by atoms with van der Waals surface area (Å²) in [5.41, 5.74) is 0. The van der Waals surface area contributed by atoms with E-state index in [-0.39, 0.29) is 0 Å². The highest BCUT2D eigenvalue weighted by molar-refractivity contribution is 5.82. The van der Waals surface area contributed by atoms with Gasteiger partial charge in [0, 0.05) is 26.2 Å². The molecule has 0 aromatic rings. The van der Waals surface area contributed by atoms with Crippen LogP contribution in [0, 0.1) is 0 Å². The summed E-state index contributed by atoms with van der Waals surface area (Å²) in [4.78, 5) is 16.4. The van der Waals surface area contributed by atoms with Crippen LogP contribution in [0.3, 0.4) is 0 Å². The van der Waals surface area contributed by atoms with Crippen molar-refractivity contribution in [1.29, 1.82) is 0 Å². The smallest absolute Gasteiger partial charge is 0.254 e. The third kappa shape index (κ3) is 4.65. The number of amides is 1. The number of hydrogen-bond donors (Lipinski definition) is 4. The zero-order valence-electron chi connectivity index (χ0n) is 14.3. The third-order valence-electron chi connectivity index (χ3n) is 4.84. The molecule has 1 amide bonds. The number of carbonyl (C=O) groups is 1. The minimum absolute atomic E-state index is 0.460. The second-order valence-corrected chi connectivity index (χ2v) is 6.65. The first kappa shape index (κ1) is 19.6. The molecule has 2 fully saturated rings. The first-order valence-electron chi connectivity index (χ1n) is 8.84. The van der Waals surface area contributed by atoms with Crippen LogP contribution in [0.5, 0.6) is 0 Å². The van der Waals surface area contributed by atoms with Crippen LogP contribution < -0.4 is 0 Å². The van der Waals surface area contributed by atoms with E-state index in [9.17, 15) is 25.2 Å². The van der Waals surface area contributed by atoms with Crippen LogP contribution in [0.4, 0.5) is 0 Å². The second kappa shape index (κ2) is 9.07. The van der Waals surface area contributed by atoms with Crippen LogP contribution in [-0.2, 0) is 9.53 Å². The lowest BCUT2D eigenvalue weighted by Crippen LogP contribution is -2.63. The zero-order chi connectivity index (χ0) is 17.7. The number of hydrogen-bond acceptors (Lipinski definition) is 7. The van der Waals surface area contributed by atoms with Crippen LogP contribution in [0.2, 0.25) is 0 Å². The molecule has 140 valence electrons. The maximum Gasteiger partial charge on any atom is 0.254 e. The van der Waals surface area contributed by atoms with Gasteiger partial charge in [-0.3, -0.25) is 9.69 Å². The summed E-state index contributed by atoms with van der Waals surface area (Å²) in [6.07, 6.45) is -3.00. The first-order chi connectivity index (χ1) is 11.5. The Kier molecular flexibility index (Phi) is 7.39. The van der Waals surface area contributed by atoms with Gasteiger partial charge in [-0.15, -0.1) is 0 Å². The first-order valence-corrected chi connectivity index (χ1v) is 8.84. The largest absolute Gasteiger partial charge is 0.387 e. The number of ether oxygens (including phenoxy) is 1. The lowest BCUT2D eigenvalue weighted by atomic mass is 9.98. The van der Waals surface area contributed by atoms with E-state index in [0.29, 0.717) is 13.1 Å². The van der Waals surface area contributed by atoms with Crippen LogP contribution in [0.25, 0.3) is 0 Å². The number of piperazine rings is 1. The number of aliphatic hydroxyl groups excluding tert-OH is 4. The molecule has 5 atom stereocenters. The van der Waals surface area contributed by atoms with Crippen molar-refractivity contribution < 1.29 is 30.0 Å². The fourth-order valence-corrected chi connectivity index (χ4v) is 3.20. The average Bonchev–Trinajstić information content (AvgIpc) is 2.60. The van der Waals surface area contributed by atoms with Crippen LogP contribution >= 0.6 is 0 Å². The molecule has 2 rings (SSSR count). The van der Waals surface area contributed by atoms with E-state index in [1.807, 2.05) is 0 Å². The van der Waals surface area contributed by atoms with E-state index in [1.54, 1.807) is 4.90 Å². The van der Waals surface area contributed by atoms with Gasteiger partial charge in [0.15, 0.2) is 12.4 Å². The van der Waals surface area contributed by atoms with Crippen molar-refractivity contribution in [3.8, 4) is 0 Å². The highest BCUT2D eigenvalue weighted by atomic mass is 16.6. The van der Waals surface area contributed by atoms with Crippen LogP contribution in [0.15, 0.2) is 0 Å². The summed E-state index contributed by atoms with van der Waals surface area (Å²) >= 11 is 0. The minimum atomic E-state index is -1.68. The fourth-order valence-electron chi connectivity index (χ4n) is 3.20. The third-order valence-corrected chi connectivity index (χ3v) is 4.84. The summed E-state index contributed by atoms with van der Waals surface area (Å²) in [5, 5.41) is 38.6. The molecular formula is C16H30N2O6. The van der Waals surface area contributed by atoms with Crippen LogP contribution in [-0.4, -0.2) is 99.6 Å². The Hall–Kier alpha value is -0.770. The van der Waals surface area contributed by atoms with Gasteiger partial charge in [0.05, 0.1) is 0 Å². The predicted molar refractivity (Wildman–Crippen MR) is 86.1 cm³/mol. The number of rotatable bonds is 6. The van der Waals surface area contributed by atoms with E-state index in [0.717, 1.165) is 26.1 Å². The molecule has 8 nitrogen and oxygen atoms in total. The summed E-state index contributed by atoms with van der Waals surface area (Å²) in [6.45, 7) is 5.76. The van der Waals surface area contributed by atoms with Gasteiger partial charge in [0.25, 0.3) is 5.91 Å². The molecule has 0 bridgehead atoms. The number of carbonyl (C=O) groups excluding carboxylic acids is 1. The molecule has 0 aromatic carbocycles. The predicted octanol–water partition coefficient (Wildman–Crippen LogP) is -1.49. The molecule has 0 spiro atoms. The van der Waals surface area contributed by atoms with Gasteiger partial charge in [-0.05, 0) is 13.0 Å². The Morgan fingerprint density at radius 2 is 1.62 bits per heavy atom. The van der Waals surface area contributed by atoms with E-state index in [1.165, 1.54) is 19.3 Å². The number of aliphatic hydroxyl groups is 4. The van der Waals surface area contributed by atoms with Gasteiger partial charge >= 0.3 is 0 Å². The van der Waals surface area contributed by atoms with E-state index in [4.69, 9.17) is 4.74 Å². The molecule has 4 N–H and O–H groups in total. The minimum Gasteiger partial charge on any atom is -0.387 e. The van der Waals surface area contributed by atoms with Crippen molar-refractivity contribution in [1.82, 2.24) is 9.80 Å². The van der Waals surface area contributed by atoms with Crippen molar-refractivity contribution in [2.75, 3.05) is 32.7 Å². The Labute approximate surface area is 142 Å². The van der Waals surface area contributed by atoms with E-state index >= 15 is 0 Å². The number of unbranched alkanes of at least 4 members (excludes halogenated alkanes) is 3. The molecule has 2 heterocycles. The van der Waals surface area contributed by atoms with E-state index < -0.39 is 36.6 Å². The van der Waals surface area contributed by atoms with E-state index in [2.05, 4.69) is 11.8 Å². The van der Waals surface area contributed by atoms with Crippen molar-refractivity contribution in [2.45, 2.75) is 63.3 Å². The van der Waals surface area contributed by atoms with Gasteiger partial charge < -0.3 is 30.1 Å². The maximum absolute atomic E-state index is 12.5. The molecule has 1 unspecified atom stereocenters. The molecule has 0 radical (unpaired) electrons. The molecule has 0 aliphatic carbocycles. The maximum atomic E-state index is 12.5. The fraction of sp³-hybridized carbons (Fsp3) is 0.938. The van der Waals surface area contributed by atoms with Crippen molar-refractivity contribution in [2.24, 2.45) is 0 Å². The van der Waals surface area contributed by atoms with Gasteiger partial charge in [0.2, 0.25) is 0 Å². The van der Waals surface area contributed by atoms with Gasteiger partial charge in [0.1, 0.15) is 18.3 Å². The molecule has 0 aromatic heterocycles. The lowest BCUT2D eigenvalue weighted by molar-refractivity contribution is -0.278. The molecular weight excluding hydrogens is 316 g/mol. The molecule has 2 aliphatic rings. The Balaban J connectivity index is 1.80. The topological polar surface area (TPSA) is 114 Å². The molecule has 0 saturated carbocycles. The van der Waals surface area contributed by atoms with Gasteiger partial charge in [-0.2, -0.15) is 0 Å². The van der Waals surface area contributed by atoms with Crippen molar-refractivity contribution >= 4 is 5.91 Å². The van der Waals surface area contributed by atoms with Crippen LogP contribution in [0.1, 0.15) is 32.6 Å². The summed E-state index contributed by atoms with van der Waals surface area (Å²) in [5.74, 6) is -0.460. The normalized spacial score (nSPS) is 35.2. The highest BCUT2D eigenvalue weighted by Gasteiger charge is 2.47. The second-order valence-electron chi connectivity index (χ2n) is 6.65. The van der Waals surface area contributed by atoms with Gasteiger partial charge in [-0.25, -0.2) is 0 Å². The Morgan fingerprint density at radius 1 is 0.958 bits per heavy atom. The molecule has 8 heteroatoms. The Bertz CT molecular complexity index is 402. The number of nitrogens with zero attached hydrogens (tertiary/aromatic N) is 2. The van der Waals surface area contributed by atoms with Crippen molar-refractivity contribution in [3.63, 3.8) is 0 Å². The average molecular weight is 346 g/mol. The highest BCUT2D eigenvalue weighted by Crippen LogP contribution is 2.22. The summed E-state index contributed by atoms with van der Waals surface area (Å²) in [7, 11) is 0. The summed E-state index contributed by atoms with van der Waals surface area (Å²) in [6, 6.07) is 0. The monoisotopic (exact) mass is 346 g/mol. The SMILES string of the molecule is CCCCCCN1CCN(C(=O)[C@H]2OC(O)[C@H](O)[C@@H](O)[C@@H]2O)CC1. The molecule has 2 aliphatic heterocycles. The lowest BCUT2D eigenvalue weighted by Gasteiger charge is -2.41. The zero-order valence-corrected chi connectivity index (χ0v) is 14.3. The summed E-state index contributed by atoms with van der Waals surface area (Å²) < 4.78 is 5.01.